The summed E-state index contributed by atoms with van der Waals surface area (Å²) >= 11 is 0. The van der Waals surface area contributed by atoms with E-state index in [1.54, 1.807) is 0 Å². The minimum absolute atomic E-state index is 0.0569. The van der Waals surface area contributed by atoms with E-state index in [9.17, 15) is 14.4 Å². The lowest BCUT2D eigenvalue weighted by Gasteiger charge is -2.29. The van der Waals surface area contributed by atoms with Crippen LogP contribution in [0.2, 0.25) is 0 Å². The molecule has 1 aliphatic carbocycles. The van der Waals surface area contributed by atoms with Crippen LogP contribution in [0.4, 0.5) is 0 Å². The fraction of sp³-hybridized carbons (Fsp3) is 0.800. The van der Waals surface area contributed by atoms with E-state index in [1.807, 2.05) is 4.90 Å². The molecule has 2 amide bonds. The Hall–Kier alpha value is -1.43. The van der Waals surface area contributed by atoms with E-state index in [2.05, 4.69) is 0 Å². The third-order valence-electron chi connectivity index (χ3n) is 5.08. The Labute approximate surface area is 124 Å². The highest BCUT2D eigenvalue weighted by atomic mass is 16.4. The van der Waals surface area contributed by atoms with Crippen molar-refractivity contribution in [1.82, 2.24) is 9.80 Å². The summed E-state index contributed by atoms with van der Waals surface area (Å²) in [5, 5.41) is 8.99. The Bertz CT molecular complexity index is 459. The molecule has 2 unspecified atom stereocenters. The Morgan fingerprint density at radius 3 is 2.52 bits per heavy atom. The van der Waals surface area contributed by atoms with Gasteiger partial charge in [-0.3, -0.25) is 24.2 Å². The van der Waals surface area contributed by atoms with Crippen LogP contribution < -0.4 is 0 Å². The van der Waals surface area contributed by atoms with Gasteiger partial charge < -0.3 is 5.11 Å². The molecular formula is C15H22N2O4. The number of aliphatic carboxylic acids is 1. The van der Waals surface area contributed by atoms with Gasteiger partial charge in [0.25, 0.3) is 0 Å². The van der Waals surface area contributed by atoms with E-state index >= 15 is 0 Å². The highest BCUT2D eigenvalue weighted by molar-refractivity contribution is 6.06. The molecule has 0 aromatic rings. The van der Waals surface area contributed by atoms with Gasteiger partial charge in [-0.2, -0.15) is 0 Å². The second kappa shape index (κ2) is 5.75. The van der Waals surface area contributed by atoms with Gasteiger partial charge in [0.15, 0.2) is 0 Å². The molecule has 21 heavy (non-hydrogen) atoms. The number of nitrogens with zero attached hydrogens (tertiary/aromatic N) is 2. The molecule has 3 fully saturated rings. The molecule has 3 rings (SSSR count). The molecule has 6 nitrogen and oxygen atoms in total. The molecular weight excluding hydrogens is 272 g/mol. The average Bonchev–Trinajstić information content (AvgIpc) is 3.10. The van der Waals surface area contributed by atoms with Gasteiger partial charge in [-0.15, -0.1) is 0 Å². The number of carboxylic acids is 1. The minimum atomic E-state index is -0.837. The molecule has 0 aromatic carbocycles. The van der Waals surface area contributed by atoms with Gasteiger partial charge in [-0.1, -0.05) is 12.8 Å². The Kier molecular flexibility index (Phi) is 3.97. The number of likely N-dealkylation sites (tertiary alicyclic amines) is 2. The summed E-state index contributed by atoms with van der Waals surface area (Å²) in [6.07, 6.45) is 5.99. The van der Waals surface area contributed by atoms with Crippen molar-refractivity contribution in [1.29, 1.82) is 0 Å². The van der Waals surface area contributed by atoms with E-state index in [-0.39, 0.29) is 36.7 Å². The maximum Gasteiger partial charge on any atom is 0.304 e. The second-order valence-corrected chi connectivity index (χ2v) is 6.39. The monoisotopic (exact) mass is 294 g/mol. The molecule has 1 N–H and O–H groups in total. The van der Waals surface area contributed by atoms with Crippen molar-refractivity contribution in [2.45, 2.75) is 69.5 Å². The van der Waals surface area contributed by atoms with E-state index < -0.39 is 12.0 Å². The molecule has 2 heterocycles. The Morgan fingerprint density at radius 1 is 1.14 bits per heavy atom. The fourth-order valence-corrected chi connectivity index (χ4v) is 4.13. The quantitative estimate of drug-likeness (QED) is 0.783. The highest BCUT2D eigenvalue weighted by Crippen LogP contribution is 2.33. The standard InChI is InChI=1S/C15H22N2O4/c18-13-9-12(15(21)17(13)10-4-1-2-5-10)16-7-3-6-11(16)8-14(19)20/h10-12H,1-9H2,(H,19,20). The maximum atomic E-state index is 12.6. The van der Waals surface area contributed by atoms with Crippen LogP contribution in [-0.4, -0.2) is 57.4 Å². The number of carbonyl (C=O) groups excluding carboxylic acids is 2. The Balaban J connectivity index is 1.72. The highest BCUT2D eigenvalue weighted by Gasteiger charge is 2.47. The summed E-state index contributed by atoms with van der Waals surface area (Å²) in [4.78, 5) is 39.3. The van der Waals surface area contributed by atoms with E-state index in [1.165, 1.54) is 4.90 Å². The molecule has 3 aliphatic rings. The SMILES string of the molecule is O=C(O)CC1CCCN1C1CC(=O)N(C2CCCC2)C1=O. The van der Waals surface area contributed by atoms with Crippen LogP contribution in [0.15, 0.2) is 0 Å². The third-order valence-corrected chi connectivity index (χ3v) is 5.08. The molecule has 1 saturated carbocycles. The normalized spacial score (nSPS) is 31.5. The lowest BCUT2D eigenvalue weighted by Crippen LogP contribution is -2.47. The zero-order valence-electron chi connectivity index (χ0n) is 12.2. The smallest absolute Gasteiger partial charge is 0.304 e. The number of imide groups is 1. The molecule has 0 radical (unpaired) electrons. The molecule has 6 heteroatoms. The molecule has 2 saturated heterocycles. The molecule has 2 atom stereocenters. The summed E-state index contributed by atoms with van der Waals surface area (Å²) < 4.78 is 0. The first-order valence-electron chi connectivity index (χ1n) is 7.91. The summed E-state index contributed by atoms with van der Waals surface area (Å²) in [5.74, 6) is -1.00. The third kappa shape index (κ3) is 2.69. The van der Waals surface area contributed by atoms with Crippen LogP contribution in [-0.2, 0) is 14.4 Å². The number of amides is 2. The van der Waals surface area contributed by atoms with Crippen LogP contribution in [0.3, 0.4) is 0 Å². The molecule has 2 aliphatic heterocycles. The van der Waals surface area contributed by atoms with Gasteiger partial charge in [0.2, 0.25) is 11.8 Å². The average molecular weight is 294 g/mol. The van der Waals surface area contributed by atoms with Crippen molar-refractivity contribution < 1.29 is 19.5 Å². The maximum absolute atomic E-state index is 12.6. The number of carbonyl (C=O) groups is 3. The van der Waals surface area contributed by atoms with Crippen LogP contribution in [0.1, 0.15) is 51.4 Å². The summed E-state index contributed by atoms with van der Waals surface area (Å²) in [7, 11) is 0. The van der Waals surface area contributed by atoms with Gasteiger partial charge >= 0.3 is 5.97 Å². The summed E-state index contributed by atoms with van der Waals surface area (Å²) in [6, 6.07) is -0.451. The number of hydrogen-bond donors (Lipinski definition) is 1. The van der Waals surface area contributed by atoms with Crippen molar-refractivity contribution in [3.05, 3.63) is 0 Å². The van der Waals surface area contributed by atoms with Gasteiger partial charge in [-0.05, 0) is 32.2 Å². The molecule has 0 aromatic heterocycles. The summed E-state index contributed by atoms with van der Waals surface area (Å²) in [5.41, 5.74) is 0. The van der Waals surface area contributed by atoms with E-state index in [0.29, 0.717) is 0 Å². The fourth-order valence-electron chi connectivity index (χ4n) is 4.13. The van der Waals surface area contributed by atoms with E-state index in [4.69, 9.17) is 5.11 Å². The van der Waals surface area contributed by atoms with Crippen molar-refractivity contribution >= 4 is 17.8 Å². The minimum Gasteiger partial charge on any atom is -0.481 e. The Morgan fingerprint density at radius 2 is 1.86 bits per heavy atom. The first-order chi connectivity index (χ1) is 10.1. The number of hydrogen-bond acceptors (Lipinski definition) is 4. The molecule has 0 spiro atoms. The number of rotatable bonds is 4. The predicted octanol–water partition coefficient (Wildman–Crippen LogP) is 0.996. The molecule has 0 bridgehead atoms. The first kappa shape index (κ1) is 14.5. The zero-order chi connectivity index (χ0) is 15.0. The zero-order valence-corrected chi connectivity index (χ0v) is 12.2. The first-order valence-corrected chi connectivity index (χ1v) is 7.91. The predicted molar refractivity (Wildman–Crippen MR) is 74.5 cm³/mol. The van der Waals surface area contributed by atoms with Crippen LogP contribution in [0.5, 0.6) is 0 Å². The van der Waals surface area contributed by atoms with Crippen molar-refractivity contribution in [3.8, 4) is 0 Å². The summed E-state index contributed by atoms with van der Waals surface area (Å²) in [6.45, 7) is 0.722. The lowest BCUT2D eigenvalue weighted by molar-refractivity contribution is -0.144. The van der Waals surface area contributed by atoms with Gasteiger partial charge in [0, 0.05) is 12.1 Å². The van der Waals surface area contributed by atoms with Crippen molar-refractivity contribution in [3.63, 3.8) is 0 Å². The topological polar surface area (TPSA) is 77.9 Å². The molecule has 116 valence electrons. The lowest BCUT2D eigenvalue weighted by atomic mass is 10.1. The van der Waals surface area contributed by atoms with Gasteiger partial charge in [0.05, 0.1) is 18.9 Å². The second-order valence-electron chi connectivity index (χ2n) is 6.39. The van der Waals surface area contributed by atoms with Gasteiger partial charge in [0.1, 0.15) is 0 Å². The largest absolute Gasteiger partial charge is 0.481 e. The van der Waals surface area contributed by atoms with Gasteiger partial charge in [-0.25, -0.2) is 0 Å². The van der Waals surface area contributed by atoms with Crippen LogP contribution in [0, 0.1) is 0 Å². The number of carboxylic acid groups (broad SMARTS) is 1. The van der Waals surface area contributed by atoms with E-state index in [0.717, 1.165) is 45.1 Å². The van der Waals surface area contributed by atoms with Crippen molar-refractivity contribution in [2.24, 2.45) is 0 Å². The van der Waals surface area contributed by atoms with Crippen LogP contribution >= 0.6 is 0 Å². The van der Waals surface area contributed by atoms with Crippen molar-refractivity contribution in [2.75, 3.05) is 6.54 Å². The van der Waals surface area contributed by atoms with Crippen LogP contribution in [0.25, 0.3) is 0 Å².